The number of nitrogen functional groups attached to an aromatic ring is 1. The van der Waals surface area contributed by atoms with E-state index >= 15 is 0 Å². The Morgan fingerprint density at radius 2 is 1.79 bits per heavy atom. The van der Waals surface area contributed by atoms with Crippen LogP contribution in [0.2, 0.25) is 0 Å². The van der Waals surface area contributed by atoms with Gasteiger partial charge in [-0.3, -0.25) is 0 Å². The Bertz CT molecular complexity index is 538. The van der Waals surface area contributed by atoms with Crippen LogP contribution in [0.3, 0.4) is 0 Å². The molecule has 0 heterocycles. The lowest BCUT2D eigenvalue weighted by Gasteiger charge is -2.16. The molecule has 4 nitrogen and oxygen atoms in total. The summed E-state index contributed by atoms with van der Waals surface area (Å²) in [4.78, 5) is 0.262. The second-order valence-corrected chi connectivity index (χ2v) is 7.56. The van der Waals surface area contributed by atoms with Crippen molar-refractivity contribution in [2.75, 3.05) is 5.73 Å². The first kappa shape index (κ1) is 14.8. The molecule has 1 fully saturated rings. The number of rotatable bonds is 3. The highest BCUT2D eigenvalue weighted by atomic mass is 79.9. The summed E-state index contributed by atoms with van der Waals surface area (Å²) in [7, 11) is -3.45. The molecule has 0 unspecified atom stereocenters. The van der Waals surface area contributed by atoms with Gasteiger partial charge in [0, 0.05) is 16.2 Å². The summed E-state index contributed by atoms with van der Waals surface area (Å²) in [6, 6.07) is 4.75. The summed E-state index contributed by atoms with van der Waals surface area (Å²) in [5.74, 6) is 0. The van der Waals surface area contributed by atoms with Crippen LogP contribution < -0.4 is 10.5 Å². The van der Waals surface area contributed by atoms with Crippen molar-refractivity contribution in [2.45, 2.75) is 49.5 Å². The van der Waals surface area contributed by atoms with Gasteiger partial charge in [-0.1, -0.05) is 25.7 Å². The molecule has 0 radical (unpaired) electrons. The van der Waals surface area contributed by atoms with Crippen LogP contribution in [0.4, 0.5) is 5.69 Å². The Morgan fingerprint density at radius 3 is 2.37 bits per heavy atom. The van der Waals surface area contributed by atoms with Gasteiger partial charge in [0.25, 0.3) is 0 Å². The van der Waals surface area contributed by atoms with E-state index in [9.17, 15) is 8.42 Å². The van der Waals surface area contributed by atoms with Crippen LogP contribution in [0.25, 0.3) is 0 Å². The number of hydrogen-bond donors (Lipinski definition) is 2. The predicted molar refractivity (Wildman–Crippen MR) is 80.4 cm³/mol. The second kappa shape index (κ2) is 6.24. The van der Waals surface area contributed by atoms with Gasteiger partial charge in [0.15, 0.2) is 0 Å². The summed E-state index contributed by atoms with van der Waals surface area (Å²) in [5.41, 5.74) is 6.21. The van der Waals surface area contributed by atoms with Crippen LogP contribution in [0.5, 0.6) is 0 Å². The van der Waals surface area contributed by atoms with Crippen molar-refractivity contribution < 1.29 is 8.42 Å². The zero-order valence-corrected chi connectivity index (χ0v) is 13.1. The SMILES string of the molecule is Nc1ccc(S(=O)(=O)NC2CCCCCC2)cc1Br. The minimum absolute atomic E-state index is 0.0591. The zero-order valence-electron chi connectivity index (χ0n) is 10.7. The highest BCUT2D eigenvalue weighted by Crippen LogP contribution is 2.24. The Kier molecular flexibility index (Phi) is 4.86. The molecular formula is C13H19BrN2O2S. The van der Waals surface area contributed by atoms with Gasteiger partial charge in [0.05, 0.1) is 4.90 Å². The first-order chi connectivity index (χ1) is 8.99. The van der Waals surface area contributed by atoms with Crippen LogP contribution in [-0.2, 0) is 10.0 Å². The van der Waals surface area contributed by atoms with E-state index in [1.807, 2.05) is 0 Å². The molecule has 1 aliphatic rings. The fraction of sp³-hybridized carbons (Fsp3) is 0.538. The molecule has 1 aromatic carbocycles. The van der Waals surface area contributed by atoms with Gasteiger partial charge in [-0.2, -0.15) is 0 Å². The lowest BCUT2D eigenvalue weighted by Crippen LogP contribution is -2.34. The third-order valence-electron chi connectivity index (χ3n) is 3.46. The maximum absolute atomic E-state index is 12.3. The van der Waals surface area contributed by atoms with Crippen LogP contribution >= 0.6 is 15.9 Å². The summed E-state index contributed by atoms with van der Waals surface area (Å²) < 4.78 is 28.0. The van der Waals surface area contributed by atoms with Crippen LogP contribution in [0.1, 0.15) is 38.5 Å². The van der Waals surface area contributed by atoms with E-state index in [-0.39, 0.29) is 10.9 Å². The molecule has 1 aliphatic carbocycles. The van der Waals surface area contributed by atoms with E-state index in [1.165, 1.54) is 12.8 Å². The molecule has 106 valence electrons. The average Bonchev–Trinajstić information content (AvgIpc) is 2.60. The molecule has 0 amide bonds. The van der Waals surface area contributed by atoms with E-state index in [0.717, 1.165) is 25.7 Å². The fourth-order valence-electron chi connectivity index (χ4n) is 2.36. The number of anilines is 1. The Balaban J connectivity index is 2.14. The van der Waals surface area contributed by atoms with Crippen molar-refractivity contribution >= 4 is 31.6 Å². The minimum Gasteiger partial charge on any atom is -0.398 e. The standard InChI is InChI=1S/C13H19BrN2O2S/c14-12-9-11(7-8-13(12)15)19(17,18)16-10-5-3-1-2-4-6-10/h7-10,16H,1-6,15H2. The smallest absolute Gasteiger partial charge is 0.240 e. The Labute approximate surface area is 122 Å². The quantitative estimate of drug-likeness (QED) is 0.652. The van der Waals surface area contributed by atoms with Gasteiger partial charge in [0.1, 0.15) is 0 Å². The monoisotopic (exact) mass is 346 g/mol. The summed E-state index contributed by atoms with van der Waals surface area (Å²) in [5, 5.41) is 0. The molecule has 0 bridgehead atoms. The Hall–Kier alpha value is -0.590. The van der Waals surface area contributed by atoms with E-state index in [2.05, 4.69) is 20.7 Å². The van der Waals surface area contributed by atoms with Gasteiger partial charge in [0.2, 0.25) is 10.0 Å². The van der Waals surface area contributed by atoms with Crippen molar-refractivity contribution in [3.8, 4) is 0 Å². The van der Waals surface area contributed by atoms with Crippen molar-refractivity contribution in [1.29, 1.82) is 0 Å². The number of benzene rings is 1. The van der Waals surface area contributed by atoms with Gasteiger partial charge >= 0.3 is 0 Å². The number of nitrogens with two attached hydrogens (primary N) is 1. The van der Waals surface area contributed by atoms with Gasteiger partial charge < -0.3 is 5.73 Å². The largest absolute Gasteiger partial charge is 0.398 e. The molecule has 1 saturated carbocycles. The number of halogens is 1. The number of sulfonamides is 1. The third kappa shape index (κ3) is 3.94. The predicted octanol–water partition coefficient (Wildman–Crippen LogP) is 3.03. The minimum atomic E-state index is -3.45. The van der Waals surface area contributed by atoms with Gasteiger partial charge in [-0.15, -0.1) is 0 Å². The molecule has 0 saturated heterocycles. The number of nitrogens with one attached hydrogen (secondary N) is 1. The normalized spacial score (nSPS) is 18.2. The van der Waals surface area contributed by atoms with Crippen LogP contribution in [0.15, 0.2) is 27.6 Å². The van der Waals surface area contributed by atoms with Crippen LogP contribution in [0, 0.1) is 0 Å². The van der Waals surface area contributed by atoms with Gasteiger partial charge in [-0.25, -0.2) is 13.1 Å². The third-order valence-corrected chi connectivity index (χ3v) is 5.66. The summed E-state index contributed by atoms with van der Waals surface area (Å²) >= 11 is 3.26. The van der Waals surface area contributed by atoms with Crippen molar-refractivity contribution in [3.63, 3.8) is 0 Å². The molecule has 0 spiro atoms. The molecule has 0 aromatic heterocycles. The maximum atomic E-state index is 12.3. The molecule has 0 aliphatic heterocycles. The van der Waals surface area contributed by atoms with E-state index in [1.54, 1.807) is 18.2 Å². The first-order valence-electron chi connectivity index (χ1n) is 6.56. The Morgan fingerprint density at radius 1 is 1.16 bits per heavy atom. The molecule has 1 aromatic rings. The molecule has 3 N–H and O–H groups in total. The van der Waals surface area contributed by atoms with E-state index in [4.69, 9.17) is 5.73 Å². The lowest BCUT2D eigenvalue weighted by molar-refractivity contribution is 0.510. The molecule has 6 heteroatoms. The van der Waals surface area contributed by atoms with Gasteiger partial charge in [-0.05, 0) is 47.0 Å². The average molecular weight is 347 g/mol. The lowest BCUT2D eigenvalue weighted by atomic mass is 10.1. The van der Waals surface area contributed by atoms with E-state index in [0.29, 0.717) is 10.2 Å². The van der Waals surface area contributed by atoms with E-state index < -0.39 is 10.0 Å². The molecule has 2 rings (SSSR count). The maximum Gasteiger partial charge on any atom is 0.240 e. The highest BCUT2D eigenvalue weighted by molar-refractivity contribution is 9.10. The van der Waals surface area contributed by atoms with Crippen LogP contribution in [-0.4, -0.2) is 14.5 Å². The second-order valence-electron chi connectivity index (χ2n) is 4.99. The summed E-state index contributed by atoms with van der Waals surface area (Å²) in [6.45, 7) is 0. The topological polar surface area (TPSA) is 72.2 Å². The summed E-state index contributed by atoms with van der Waals surface area (Å²) in [6.07, 6.45) is 6.44. The van der Waals surface area contributed by atoms with Crippen molar-refractivity contribution in [3.05, 3.63) is 22.7 Å². The first-order valence-corrected chi connectivity index (χ1v) is 8.84. The number of hydrogen-bond acceptors (Lipinski definition) is 3. The van der Waals surface area contributed by atoms with Crippen molar-refractivity contribution in [1.82, 2.24) is 4.72 Å². The highest BCUT2D eigenvalue weighted by Gasteiger charge is 2.21. The fourth-order valence-corrected chi connectivity index (χ4v) is 4.22. The zero-order chi connectivity index (χ0) is 13.9. The molecule has 0 atom stereocenters. The molecule has 19 heavy (non-hydrogen) atoms. The molecular weight excluding hydrogens is 328 g/mol. The van der Waals surface area contributed by atoms with Crippen molar-refractivity contribution in [2.24, 2.45) is 0 Å².